The van der Waals surface area contributed by atoms with Gasteiger partial charge in [-0.1, -0.05) is 24.3 Å². The van der Waals surface area contributed by atoms with Crippen molar-refractivity contribution in [1.82, 2.24) is 0 Å². The molecule has 2 aromatic rings. The van der Waals surface area contributed by atoms with E-state index in [9.17, 15) is 26.8 Å². The van der Waals surface area contributed by atoms with Crippen LogP contribution in [0.2, 0.25) is 0 Å². The number of esters is 1. The van der Waals surface area contributed by atoms with Crippen molar-refractivity contribution in [3.63, 3.8) is 0 Å². The monoisotopic (exact) mass is 435 g/mol. The van der Waals surface area contributed by atoms with Crippen LogP contribution in [0, 0.1) is 0 Å². The van der Waals surface area contributed by atoms with Gasteiger partial charge in [-0.05, 0) is 35.4 Å². The van der Waals surface area contributed by atoms with Gasteiger partial charge in [-0.15, -0.1) is 0 Å². The first-order chi connectivity index (χ1) is 13.6. The Labute approximate surface area is 170 Å². The zero-order valence-electron chi connectivity index (χ0n) is 15.5. The molecule has 1 amide bonds. The van der Waals surface area contributed by atoms with Crippen LogP contribution in [0.5, 0.6) is 0 Å². The van der Waals surface area contributed by atoms with Gasteiger partial charge >= 0.3 is 5.97 Å². The molecule has 3 rings (SSSR count). The third-order valence-electron chi connectivity index (χ3n) is 4.32. The minimum atomic E-state index is -3.36. The number of carbonyl (C=O) groups excluding carboxylic acids is 2. The highest BCUT2D eigenvalue weighted by atomic mass is 32.2. The van der Waals surface area contributed by atoms with Crippen LogP contribution in [0.25, 0.3) is 11.1 Å². The van der Waals surface area contributed by atoms with Crippen LogP contribution in [0.3, 0.4) is 0 Å². The van der Waals surface area contributed by atoms with Gasteiger partial charge in [-0.2, -0.15) is 0 Å². The van der Waals surface area contributed by atoms with Crippen molar-refractivity contribution < 1.29 is 31.5 Å². The number of amides is 1. The highest BCUT2D eigenvalue weighted by molar-refractivity contribution is 7.90. The maximum absolute atomic E-state index is 12.3. The van der Waals surface area contributed by atoms with Gasteiger partial charge in [0.15, 0.2) is 9.84 Å². The predicted octanol–water partition coefficient (Wildman–Crippen LogP) is 2.05. The Balaban J connectivity index is 2.02. The average molecular weight is 435 g/mol. The van der Waals surface area contributed by atoms with Gasteiger partial charge in [0.1, 0.15) is 6.61 Å². The Morgan fingerprint density at radius 1 is 1.07 bits per heavy atom. The lowest BCUT2D eigenvalue weighted by molar-refractivity contribution is -0.133. The molecule has 0 spiro atoms. The number of benzene rings is 2. The molecule has 0 saturated heterocycles. The van der Waals surface area contributed by atoms with Crippen molar-refractivity contribution in [2.45, 2.75) is 11.8 Å². The summed E-state index contributed by atoms with van der Waals surface area (Å²) in [6, 6.07) is 12.1. The summed E-state index contributed by atoms with van der Waals surface area (Å²) in [7, 11) is -3.36. The van der Waals surface area contributed by atoms with Crippen LogP contribution >= 0.6 is 0 Å². The average Bonchev–Trinajstić information content (AvgIpc) is 3.02. The third kappa shape index (κ3) is 4.29. The summed E-state index contributed by atoms with van der Waals surface area (Å²) in [5.41, 5.74) is 2.28. The van der Waals surface area contributed by atoms with E-state index in [-0.39, 0.29) is 17.2 Å². The van der Waals surface area contributed by atoms with Crippen LogP contribution in [0.1, 0.15) is 18.1 Å². The number of rotatable bonds is 5. The Morgan fingerprint density at radius 2 is 1.62 bits per heavy atom. The molecule has 0 aliphatic carbocycles. The fraction of sp³-hybridized carbons (Fsp3) is 0.158. The Bertz CT molecular complexity index is 1120. The number of nitrogens with zero attached hydrogens (tertiary/aromatic N) is 1. The fourth-order valence-corrected chi connectivity index (χ4v) is 4.13. The van der Waals surface area contributed by atoms with Crippen LogP contribution in [0.15, 0.2) is 53.4 Å². The highest BCUT2D eigenvalue weighted by Gasteiger charge is 2.28. The summed E-state index contributed by atoms with van der Waals surface area (Å²) in [5, 5.41) is 0. The first-order valence-corrected chi connectivity index (χ1v) is 11.3. The van der Waals surface area contributed by atoms with Crippen molar-refractivity contribution in [1.29, 1.82) is 0 Å². The molecule has 152 valence electrons. The van der Waals surface area contributed by atoms with Crippen molar-refractivity contribution in [2.24, 2.45) is 0 Å². The minimum Gasteiger partial charge on any atom is -0.457 e. The van der Waals surface area contributed by atoms with E-state index in [1.165, 1.54) is 31.2 Å². The number of hydrogen-bond acceptors (Lipinski definition) is 6. The number of hydrogen-bond donors (Lipinski definition) is 1. The minimum absolute atomic E-state index is 0.0314. The van der Waals surface area contributed by atoms with Crippen molar-refractivity contribution in [3.05, 3.63) is 59.7 Å². The lowest BCUT2D eigenvalue weighted by atomic mass is 9.96. The van der Waals surface area contributed by atoms with Gasteiger partial charge in [-0.25, -0.2) is 21.7 Å². The maximum atomic E-state index is 12.3. The quantitative estimate of drug-likeness (QED) is 0.564. The smallest absolute Gasteiger partial charge is 0.339 e. The topological polar surface area (TPSA) is 118 Å². The molecule has 0 aromatic heterocycles. The molecule has 0 bridgehead atoms. The van der Waals surface area contributed by atoms with E-state index in [0.29, 0.717) is 22.3 Å². The van der Waals surface area contributed by atoms with Crippen molar-refractivity contribution in [2.75, 3.05) is 17.2 Å². The zero-order valence-corrected chi connectivity index (χ0v) is 17.1. The second-order valence-corrected chi connectivity index (χ2v) is 9.16. The predicted molar refractivity (Wildman–Crippen MR) is 108 cm³/mol. The molecule has 1 aliphatic rings. The second-order valence-electron chi connectivity index (χ2n) is 6.32. The molecule has 10 heteroatoms. The summed E-state index contributed by atoms with van der Waals surface area (Å²) in [5.74, 6) is -1.12. The molecular weight excluding hydrogens is 418 g/mol. The molecule has 1 aliphatic heterocycles. The molecule has 0 radical (unpaired) electrons. The summed E-state index contributed by atoms with van der Waals surface area (Å²) in [6.45, 7) is 1.20. The number of anilines is 1. The number of ether oxygens (including phenoxy) is 1. The van der Waals surface area contributed by atoms with Gasteiger partial charge in [0.25, 0.3) is 11.3 Å². The largest absolute Gasteiger partial charge is 0.457 e. The molecular formula is C19H17NO7S2. The molecule has 29 heavy (non-hydrogen) atoms. The van der Waals surface area contributed by atoms with Crippen molar-refractivity contribution in [3.8, 4) is 0 Å². The van der Waals surface area contributed by atoms with E-state index in [0.717, 1.165) is 10.6 Å². The standard InChI is InChI=1S/C19H17NO7S2/c1-12(21)20(28(23)24)15-7-3-13(4-8-15)17-11-27-19(22)18(17)14-5-9-16(10-6-14)29(2,25)26/h3-10H,11H2,1-2H3,(H,23,24). The van der Waals surface area contributed by atoms with E-state index in [2.05, 4.69) is 0 Å². The van der Waals surface area contributed by atoms with Crippen LogP contribution in [-0.2, 0) is 35.4 Å². The molecule has 0 fully saturated rings. The molecule has 1 N–H and O–H groups in total. The molecule has 1 heterocycles. The molecule has 0 saturated carbocycles. The number of cyclic esters (lactones) is 1. The summed E-state index contributed by atoms with van der Waals surface area (Å²) in [4.78, 5) is 24.0. The van der Waals surface area contributed by atoms with Gasteiger partial charge in [-0.3, -0.25) is 9.35 Å². The third-order valence-corrected chi connectivity index (χ3v) is 6.23. The fourth-order valence-electron chi connectivity index (χ4n) is 2.97. The highest BCUT2D eigenvalue weighted by Crippen LogP contribution is 2.34. The Hall–Kier alpha value is -2.82. The van der Waals surface area contributed by atoms with E-state index in [4.69, 9.17) is 4.74 Å². The molecule has 1 atom stereocenters. The van der Waals surface area contributed by atoms with Gasteiger partial charge in [0, 0.05) is 18.8 Å². The summed E-state index contributed by atoms with van der Waals surface area (Å²) >= 11 is -2.50. The van der Waals surface area contributed by atoms with Crippen LogP contribution < -0.4 is 4.31 Å². The Kier molecular flexibility index (Phi) is 5.69. The lowest BCUT2D eigenvalue weighted by Gasteiger charge is -2.16. The van der Waals surface area contributed by atoms with E-state index >= 15 is 0 Å². The normalized spacial score (nSPS) is 15.2. The number of sulfone groups is 1. The first kappa shape index (κ1) is 20.9. The zero-order chi connectivity index (χ0) is 21.3. The SMILES string of the molecule is CC(=O)N(c1ccc(C2=C(c3ccc(S(C)(=O)=O)cc3)C(=O)OC2)cc1)S(=O)O. The number of carbonyl (C=O) groups is 2. The maximum Gasteiger partial charge on any atom is 0.339 e. The molecule has 1 unspecified atom stereocenters. The second kappa shape index (κ2) is 7.90. The van der Waals surface area contributed by atoms with Gasteiger partial charge < -0.3 is 4.74 Å². The molecule has 8 nitrogen and oxygen atoms in total. The van der Waals surface area contributed by atoms with E-state index < -0.39 is 33.0 Å². The van der Waals surface area contributed by atoms with E-state index in [1.807, 2.05) is 0 Å². The van der Waals surface area contributed by atoms with Crippen LogP contribution in [-0.4, -0.2) is 41.9 Å². The van der Waals surface area contributed by atoms with Gasteiger partial charge in [0.2, 0.25) is 5.91 Å². The first-order valence-electron chi connectivity index (χ1n) is 8.32. The summed E-state index contributed by atoms with van der Waals surface area (Å²) in [6.07, 6.45) is 1.10. The van der Waals surface area contributed by atoms with Crippen LogP contribution in [0.4, 0.5) is 5.69 Å². The Morgan fingerprint density at radius 3 is 2.10 bits per heavy atom. The van der Waals surface area contributed by atoms with Crippen molar-refractivity contribution >= 4 is 49.8 Å². The van der Waals surface area contributed by atoms with E-state index in [1.54, 1.807) is 24.3 Å². The van der Waals surface area contributed by atoms with Gasteiger partial charge in [0.05, 0.1) is 16.2 Å². The lowest BCUT2D eigenvalue weighted by Crippen LogP contribution is -2.29. The summed E-state index contributed by atoms with van der Waals surface area (Å²) < 4.78 is 49.8. The molecule has 2 aromatic carbocycles.